The van der Waals surface area contributed by atoms with E-state index in [1.165, 1.54) is 0 Å². The van der Waals surface area contributed by atoms with Gasteiger partial charge in [0.05, 0.1) is 0 Å². The third kappa shape index (κ3) is 8.94. The van der Waals surface area contributed by atoms with E-state index in [-0.39, 0.29) is 103 Å². The maximum absolute atomic E-state index is 0. The predicted octanol–water partition coefficient (Wildman–Crippen LogP) is -0.502. The molecule has 0 aromatic rings. The molecule has 0 aromatic heterocycles. The summed E-state index contributed by atoms with van der Waals surface area (Å²) in [5.41, 5.74) is 0. The van der Waals surface area contributed by atoms with Gasteiger partial charge in [-0.05, 0) is 0 Å². The normalized spacial score (nSPS) is 0. The van der Waals surface area contributed by atoms with Crippen molar-refractivity contribution in [2.45, 2.75) is 0 Å². The van der Waals surface area contributed by atoms with Gasteiger partial charge in [-0.3, -0.25) is 0 Å². The van der Waals surface area contributed by atoms with E-state index < -0.39 is 0 Å². The van der Waals surface area contributed by atoms with E-state index in [9.17, 15) is 0 Å². The molecule has 0 atom stereocenters. The molecule has 0 aliphatic rings. The Kier molecular flexibility index (Phi) is 112. The monoisotopic (exact) mass is 302 g/mol. The molecule has 0 aliphatic heterocycles. The van der Waals surface area contributed by atoms with Crippen LogP contribution in [-0.2, 0) is 22.3 Å². The Bertz CT molecular complexity index is 8.00. The van der Waals surface area contributed by atoms with Crippen LogP contribution >= 0.6 is 0 Å². The zero-order chi connectivity index (χ0) is 0. The van der Waals surface area contributed by atoms with E-state index >= 15 is 0 Å². The third-order valence-corrected chi connectivity index (χ3v) is 0. The number of hydrogen-bond donors (Lipinski definition) is 0. The van der Waals surface area contributed by atoms with Gasteiger partial charge in [0, 0.05) is 0 Å². The van der Waals surface area contributed by atoms with E-state index in [4.69, 9.17) is 0 Å². The van der Waals surface area contributed by atoms with Crippen molar-refractivity contribution in [1.29, 1.82) is 0 Å². The Hall–Kier alpha value is 3.14. The Balaban J connectivity index is 0. The maximum atomic E-state index is 0. The van der Waals surface area contributed by atoms with Crippen molar-refractivity contribution < 1.29 is 57.9 Å². The molecule has 0 unspecified atom stereocenters. The van der Waals surface area contributed by atoms with Crippen molar-refractivity contribution in [2.75, 3.05) is 0 Å². The van der Waals surface area contributed by atoms with Crippen molar-refractivity contribution in [2.24, 2.45) is 0 Å². The Morgan fingerprint density at radius 2 is 1.00 bits per heavy atom. The second-order valence-corrected chi connectivity index (χ2v) is 0. The smallest absolute Gasteiger partial charge is 2.00 e. The summed E-state index contributed by atoms with van der Waals surface area (Å²) < 4.78 is 0. The van der Waals surface area contributed by atoms with Gasteiger partial charge >= 0.3 is 97.9 Å². The fraction of sp³-hybridized carbons (Fsp3) is 0. The van der Waals surface area contributed by atoms with E-state index in [1.54, 1.807) is 0 Å². The van der Waals surface area contributed by atoms with Crippen LogP contribution in [0.1, 0.15) is 0 Å². The first kappa shape index (κ1) is 27.3. The minimum absolute atomic E-state index is 0. The SMILES string of the molecule is [Co+2].[La+3].[O-2].[Sr+2]. The molecule has 0 amide bonds. The molecule has 0 heterocycles. The molecule has 4 heteroatoms. The minimum atomic E-state index is 0. The van der Waals surface area contributed by atoms with Gasteiger partial charge in [-0.25, -0.2) is 0 Å². The summed E-state index contributed by atoms with van der Waals surface area (Å²) in [4.78, 5) is 0. The molecule has 0 saturated carbocycles. The largest absolute Gasteiger partial charge is 3.00 e. The fourth-order valence-corrected chi connectivity index (χ4v) is 0. The molecule has 1 radical (unpaired) electrons. The summed E-state index contributed by atoms with van der Waals surface area (Å²) in [5, 5.41) is 0. The first-order valence-corrected chi connectivity index (χ1v) is 0. The van der Waals surface area contributed by atoms with E-state index in [0.717, 1.165) is 0 Å². The van der Waals surface area contributed by atoms with Gasteiger partial charge in [0.1, 0.15) is 0 Å². The number of hydrogen-bond acceptors (Lipinski definition) is 0. The van der Waals surface area contributed by atoms with Crippen LogP contribution < -0.4 is 0 Å². The zero-order valence-corrected chi connectivity index (χ0v) is 10.2. The summed E-state index contributed by atoms with van der Waals surface area (Å²) in [6.07, 6.45) is 0. The van der Waals surface area contributed by atoms with Crippen molar-refractivity contribution in [1.82, 2.24) is 0 Å². The van der Waals surface area contributed by atoms with Gasteiger partial charge in [0.25, 0.3) is 0 Å². The van der Waals surface area contributed by atoms with E-state index in [1.807, 2.05) is 0 Å². The molecule has 0 saturated heterocycles. The summed E-state index contributed by atoms with van der Waals surface area (Å²) in [7, 11) is 0. The van der Waals surface area contributed by atoms with Crippen LogP contribution in [0.2, 0.25) is 0 Å². The fourth-order valence-electron chi connectivity index (χ4n) is 0. The molecule has 15 valence electrons. The van der Waals surface area contributed by atoms with Crippen LogP contribution in [0.5, 0.6) is 0 Å². The molecule has 0 rings (SSSR count). The molecule has 1 nitrogen and oxygen atoms in total. The van der Waals surface area contributed by atoms with Crippen molar-refractivity contribution >= 4 is 45.5 Å². The van der Waals surface area contributed by atoms with Crippen LogP contribution in [0, 0.1) is 35.6 Å². The van der Waals surface area contributed by atoms with Gasteiger partial charge in [0.15, 0.2) is 0 Å². The molecule has 0 aromatic carbocycles. The quantitative estimate of drug-likeness (QED) is 0.540. The average molecular weight is 301 g/mol. The minimum Gasteiger partial charge on any atom is -2.00 e. The molecule has 0 bridgehead atoms. The van der Waals surface area contributed by atoms with Crippen LogP contribution in [-0.4, -0.2) is 45.5 Å². The topological polar surface area (TPSA) is 28.5 Å². The predicted molar refractivity (Wildman–Crippen MR) is 6.44 cm³/mol. The third-order valence-electron chi connectivity index (χ3n) is 0. The number of rotatable bonds is 0. The van der Waals surface area contributed by atoms with Gasteiger partial charge in [-0.1, -0.05) is 0 Å². The summed E-state index contributed by atoms with van der Waals surface area (Å²) in [6.45, 7) is 0. The Morgan fingerprint density at radius 3 is 1.00 bits per heavy atom. The Morgan fingerprint density at radius 1 is 1.00 bits per heavy atom. The van der Waals surface area contributed by atoms with E-state index in [0.29, 0.717) is 0 Å². The van der Waals surface area contributed by atoms with Crippen LogP contribution in [0.15, 0.2) is 0 Å². The van der Waals surface area contributed by atoms with Gasteiger partial charge in [0.2, 0.25) is 0 Å². The van der Waals surface area contributed by atoms with Gasteiger partial charge < -0.3 is 5.48 Å². The van der Waals surface area contributed by atoms with E-state index in [2.05, 4.69) is 0 Å². The zero-order valence-electron chi connectivity index (χ0n) is 2.03. The van der Waals surface area contributed by atoms with Crippen LogP contribution in [0.25, 0.3) is 0 Å². The molecule has 0 N–H and O–H groups in total. The van der Waals surface area contributed by atoms with Crippen LogP contribution in [0.3, 0.4) is 0 Å². The first-order chi connectivity index (χ1) is 0. The van der Waals surface area contributed by atoms with Crippen molar-refractivity contribution in [3.8, 4) is 0 Å². The molecule has 4 heavy (non-hydrogen) atoms. The average Bonchev–Trinajstić information content (AvgIpc) is 0. The second-order valence-electron chi connectivity index (χ2n) is 0. The molecular weight excluding hydrogens is 301 g/mol. The van der Waals surface area contributed by atoms with Crippen LogP contribution in [0.4, 0.5) is 0 Å². The second kappa shape index (κ2) is 16.5. The van der Waals surface area contributed by atoms with Gasteiger partial charge in [-0.15, -0.1) is 0 Å². The standard InChI is InChI=1S/Co.La.O.Sr/q+2;+3;-2;+2. The summed E-state index contributed by atoms with van der Waals surface area (Å²) >= 11 is 0. The first-order valence-electron chi connectivity index (χ1n) is 0. The molecule has 0 aliphatic carbocycles. The van der Waals surface area contributed by atoms with Crippen molar-refractivity contribution in [3.05, 3.63) is 0 Å². The summed E-state index contributed by atoms with van der Waals surface area (Å²) in [6, 6.07) is 0. The summed E-state index contributed by atoms with van der Waals surface area (Å²) in [5.74, 6) is 0. The molecule has 0 fully saturated rings. The van der Waals surface area contributed by atoms with Crippen molar-refractivity contribution in [3.63, 3.8) is 0 Å². The Labute approximate surface area is 101 Å². The maximum Gasteiger partial charge on any atom is 3.00 e. The molecule has 0 spiro atoms. The van der Waals surface area contributed by atoms with Gasteiger partial charge in [-0.2, -0.15) is 0 Å². The molecular formula is CoLaOSr+5.